The van der Waals surface area contributed by atoms with Crippen LogP contribution in [0.1, 0.15) is 6.42 Å². The van der Waals surface area contributed by atoms with Gasteiger partial charge in [-0.2, -0.15) is 5.10 Å². The molecule has 0 saturated carbocycles. The van der Waals surface area contributed by atoms with Crippen LogP contribution in [0.25, 0.3) is 33.2 Å². The lowest BCUT2D eigenvalue weighted by Gasteiger charge is -2.30. The highest BCUT2D eigenvalue weighted by molar-refractivity contribution is 5.88. The summed E-state index contributed by atoms with van der Waals surface area (Å²) in [5.74, 6) is 1.16. The van der Waals surface area contributed by atoms with Crippen molar-refractivity contribution in [3.63, 3.8) is 0 Å². The van der Waals surface area contributed by atoms with Gasteiger partial charge >= 0.3 is 0 Å². The summed E-state index contributed by atoms with van der Waals surface area (Å²) in [4.78, 5) is 11.9. The lowest BCUT2D eigenvalue weighted by Crippen LogP contribution is -2.51. The van der Waals surface area contributed by atoms with Gasteiger partial charge in [-0.1, -0.05) is 0 Å². The van der Waals surface area contributed by atoms with Crippen molar-refractivity contribution < 1.29 is 9.84 Å². The predicted octanol–water partition coefficient (Wildman–Crippen LogP) is 2.46. The molecule has 2 saturated heterocycles. The number of aromatic nitrogens is 4. The third-order valence-electron chi connectivity index (χ3n) is 6.16. The van der Waals surface area contributed by atoms with Crippen LogP contribution in [0, 0.1) is 0 Å². The van der Waals surface area contributed by atoms with Crippen LogP contribution in [0.2, 0.25) is 0 Å². The Kier molecular flexibility index (Phi) is 4.29. The lowest BCUT2D eigenvalue weighted by atomic mass is 10.1. The van der Waals surface area contributed by atoms with Gasteiger partial charge in [0.15, 0.2) is 0 Å². The number of fused-ring (bicyclic) bond motifs is 2. The molecule has 158 valence electrons. The maximum atomic E-state index is 10.5. The molecule has 3 aromatic heterocycles. The van der Waals surface area contributed by atoms with Crippen molar-refractivity contribution in [1.29, 1.82) is 0 Å². The second-order valence-electron chi connectivity index (χ2n) is 8.47. The molecule has 0 amide bonds. The fourth-order valence-electron chi connectivity index (χ4n) is 4.48. The van der Waals surface area contributed by atoms with Gasteiger partial charge in [0.2, 0.25) is 0 Å². The van der Waals surface area contributed by atoms with E-state index in [-0.39, 0.29) is 5.75 Å². The first-order valence-electron chi connectivity index (χ1n) is 10.7. The zero-order valence-electron chi connectivity index (χ0n) is 17.3. The minimum Gasteiger partial charge on any atom is -0.507 e. The molecule has 31 heavy (non-hydrogen) atoms. The molecule has 0 aliphatic carbocycles. The number of benzene rings is 1. The average molecular weight is 416 g/mol. The third kappa shape index (κ3) is 3.37. The standard InChI is InChI=1S/C23H24N6O2/c1-28-10-14-8-17(22(30)9-21(14)27-28)18-2-3-20-19(25-18)4-5-23(26-20)29-7-6-15(11-29)24-16-12-31-13-16/h2-5,8-10,15-16,24,30H,6-7,11-13H2,1H3. The minimum atomic E-state index is 0.176. The Morgan fingerprint density at radius 1 is 1.03 bits per heavy atom. The van der Waals surface area contributed by atoms with Gasteiger partial charge in [0.1, 0.15) is 11.6 Å². The molecule has 4 aromatic rings. The van der Waals surface area contributed by atoms with Crippen molar-refractivity contribution in [2.24, 2.45) is 7.05 Å². The van der Waals surface area contributed by atoms with E-state index in [9.17, 15) is 5.11 Å². The van der Waals surface area contributed by atoms with E-state index in [4.69, 9.17) is 14.7 Å². The van der Waals surface area contributed by atoms with Crippen molar-refractivity contribution in [3.8, 4) is 17.0 Å². The first-order valence-corrected chi connectivity index (χ1v) is 10.7. The van der Waals surface area contributed by atoms with Gasteiger partial charge in [0, 0.05) is 49.4 Å². The number of phenolic OH excluding ortho intramolecular Hbond substituents is 1. The van der Waals surface area contributed by atoms with E-state index in [0.717, 1.165) is 66.2 Å². The molecule has 0 radical (unpaired) electrons. The van der Waals surface area contributed by atoms with Gasteiger partial charge in [-0.05, 0) is 36.8 Å². The van der Waals surface area contributed by atoms with Crippen LogP contribution in [0.5, 0.6) is 5.75 Å². The van der Waals surface area contributed by atoms with E-state index in [0.29, 0.717) is 17.6 Å². The summed E-state index contributed by atoms with van der Waals surface area (Å²) in [7, 11) is 1.87. The zero-order chi connectivity index (χ0) is 20.9. The molecule has 2 fully saturated rings. The summed E-state index contributed by atoms with van der Waals surface area (Å²) in [6, 6.07) is 12.5. The number of nitrogens with one attached hydrogen (secondary N) is 1. The first kappa shape index (κ1) is 18.5. The third-order valence-corrected chi connectivity index (χ3v) is 6.16. The molecule has 1 unspecified atom stereocenters. The molecule has 8 nitrogen and oxygen atoms in total. The summed E-state index contributed by atoms with van der Waals surface area (Å²) in [5.41, 5.74) is 3.84. The molecule has 5 heterocycles. The summed E-state index contributed by atoms with van der Waals surface area (Å²) in [6.45, 7) is 3.60. The molecule has 1 aromatic carbocycles. The normalized spacial score (nSPS) is 19.4. The van der Waals surface area contributed by atoms with E-state index in [1.165, 1.54) is 0 Å². The van der Waals surface area contributed by atoms with Gasteiger partial charge in [-0.3, -0.25) is 4.68 Å². The van der Waals surface area contributed by atoms with Gasteiger partial charge in [0.05, 0.1) is 41.5 Å². The first-order chi connectivity index (χ1) is 15.1. The number of aromatic hydroxyl groups is 1. The number of rotatable bonds is 4. The van der Waals surface area contributed by atoms with E-state index in [1.54, 1.807) is 10.7 Å². The molecule has 0 spiro atoms. The van der Waals surface area contributed by atoms with Crippen molar-refractivity contribution in [3.05, 3.63) is 42.6 Å². The molecule has 2 aliphatic rings. The highest BCUT2D eigenvalue weighted by atomic mass is 16.5. The second kappa shape index (κ2) is 7.18. The molecule has 8 heteroatoms. The average Bonchev–Trinajstić information content (AvgIpc) is 3.35. The fraction of sp³-hybridized carbons (Fsp3) is 0.348. The van der Waals surface area contributed by atoms with Crippen LogP contribution in [0.4, 0.5) is 5.82 Å². The molecule has 6 rings (SSSR count). The summed E-state index contributed by atoms with van der Waals surface area (Å²) < 4.78 is 7.00. The SMILES string of the molecule is Cn1cc2cc(-c3ccc4nc(N5CCC(NC6COC6)C5)ccc4n3)c(O)cc2n1. The Morgan fingerprint density at radius 3 is 2.71 bits per heavy atom. The van der Waals surface area contributed by atoms with Gasteiger partial charge in [-0.25, -0.2) is 9.97 Å². The smallest absolute Gasteiger partial charge is 0.129 e. The van der Waals surface area contributed by atoms with E-state index >= 15 is 0 Å². The second-order valence-corrected chi connectivity index (χ2v) is 8.47. The Hall–Kier alpha value is -3.23. The topological polar surface area (TPSA) is 88.3 Å². The quantitative estimate of drug-likeness (QED) is 0.528. The summed E-state index contributed by atoms with van der Waals surface area (Å²) in [6.07, 6.45) is 3.05. The molecule has 2 N–H and O–H groups in total. The molecule has 1 atom stereocenters. The largest absolute Gasteiger partial charge is 0.507 e. The number of ether oxygens (including phenoxy) is 1. The van der Waals surface area contributed by atoms with Crippen LogP contribution in [0.3, 0.4) is 0 Å². The molecule has 2 aliphatic heterocycles. The molecular weight excluding hydrogens is 392 g/mol. The van der Waals surface area contributed by atoms with Gasteiger partial charge < -0.3 is 20.1 Å². The minimum absolute atomic E-state index is 0.176. The van der Waals surface area contributed by atoms with E-state index in [2.05, 4.69) is 15.3 Å². The Morgan fingerprint density at radius 2 is 1.87 bits per heavy atom. The van der Waals surface area contributed by atoms with Crippen LogP contribution < -0.4 is 10.2 Å². The lowest BCUT2D eigenvalue weighted by molar-refractivity contribution is -0.00895. The van der Waals surface area contributed by atoms with Gasteiger partial charge in [-0.15, -0.1) is 0 Å². The Balaban J connectivity index is 1.27. The number of phenols is 1. The van der Waals surface area contributed by atoms with Crippen LogP contribution in [0.15, 0.2) is 42.6 Å². The maximum absolute atomic E-state index is 10.5. The number of nitrogens with zero attached hydrogens (tertiary/aromatic N) is 5. The number of aryl methyl sites for hydroxylation is 1. The Labute approximate surface area is 179 Å². The number of hydrogen-bond donors (Lipinski definition) is 2. The monoisotopic (exact) mass is 416 g/mol. The maximum Gasteiger partial charge on any atom is 0.129 e. The van der Waals surface area contributed by atoms with E-state index in [1.807, 2.05) is 43.6 Å². The molecular formula is C23H24N6O2. The molecule has 0 bridgehead atoms. The number of hydrogen-bond acceptors (Lipinski definition) is 7. The van der Waals surface area contributed by atoms with Crippen molar-refractivity contribution in [2.45, 2.75) is 18.5 Å². The Bertz CT molecular complexity index is 1280. The van der Waals surface area contributed by atoms with Crippen molar-refractivity contribution in [2.75, 3.05) is 31.2 Å². The van der Waals surface area contributed by atoms with Gasteiger partial charge in [0.25, 0.3) is 0 Å². The van der Waals surface area contributed by atoms with Crippen LogP contribution >= 0.6 is 0 Å². The van der Waals surface area contributed by atoms with E-state index < -0.39 is 0 Å². The number of pyridine rings is 2. The fourth-order valence-corrected chi connectivity index (χ4v) is 4.48. The van der Waals surface area contributed by atoms with Crippen molar-refractivity contribution >= 4 is 27.8 Å². The summed E-state index contributed by atoms with van der Waals surface area (Å²) >= 11 is 0. The highest BCUT2D eigenvalue weighted by Gasteiger charge is 2.28. The highest BCUT2D eigenvalue weighted by Crippen LogP contribution is 2.33. The van der Waals surface area contributed by atoms with Crippen LogP contribution in [-0.4, -0.2) is 63.2 Å². The van der Waals surface area contributed by atoms with Crippen LogP contribution in [-0.2, 0) is 11.8 Å². The number of anilines is 1. The van der Waals surface area contributed by atoms with Crippen molar-refractivity contribution in [1.82, 2.24) is 25.1 Å². The zero-order valence-corrected chi connectivity index (χ0v) is 17.3. The predicted molar refractivity (Wildman–Crippen MR) is 119 cm³/mol. The summed E-state index contributed by atoms with van der Waals surface area (Å²) in [5, 5.41) is 19.5.